The molecule has 4 rings (SSSR count). The van der Waals surface area contributed by atoms with Crippen molar-refractivity contribution >= 4 is 17.0 Å². The van der Waals surface area contributed by atoms with E-state index in [1.807, 2.05) is 11.0 Å². The predicted molar refractivity (Wildman–Crippen MR) is 95.8 cm³/mol. The Balaban J connectivity index is 1.83. The number of hydrogen-bond acceptors (Lipinski definition) is 5. The number of nitrogens with zero attached hydrogens (tertiary/aromatic N) is 3. The summed E-state index contributed by atoms with van der Waals surface area (Å²) < 4.78 is 5.51. The topological polar surface area (TPSA) is 71.3 Å². The molecule has 1 amide bonds. The molecule has 1 saturated heterocycles. The van der Waals surface area contributed by atoms with Crippen LogP contribution in [0, 0.1) is 0 Å². The van der Waals surface area contributed by atoms with Crippen LogP contribution in [0.4, 0.5) is 0 Å². The quantitative estimate of drug-likeness (QED) is 0.928. The molecular formula is C19H26N4O2. The van der Waals surface area contributed by atoms with Crippen molar-refractivity contribution in [1.82, 2.24) is 20.4 Å². The molecule has 0 bridgehead atoms. The van der Waals surface area contributed by atoms with Gasteiger partial charge in [0.2, 0.25) is 0 Å². The molecule has 2 unspecified atom stereocenters. The molecule has 2 aliphatic rings. The Morgan fingerprint density at radius 1 is 1.36 bits per heavy atom. The fraction of sp³-hybridized carbons (Fsp3) is 0.632. The number of amides is 1. The lowest BCUT2D eigenvalue weighted by Gasteiger charge is -2.38. The first-order valence-electron chi connectivity index (χ1n) is 9.32. The number of nitrogens with one attached hydrogen (secondary N) is 1. The Kier molecular flexibility index (Phi) is 4.02. The van der Waals surface area contributed by atoms with E-state index in [-0.39, 0.29) is 23.9 Å². The van der Waals surface area contributed by atoms with E-state index >= 15 is 0 Å². The van der Waals surface area contributed by atoms with E-state index in [2.05, 4.69) is 43.2 Å². The first kappa shape index (κ1) is 16.5. The van der Waals surface area contributed by atoms with Gasteiger partial charge in [-0.1, -0.05) is 19.0 Å². The smallest absolute Gasteiger partial charge is 0.259 e. The highest BCUT2D eigenvalue weighted by Crippen LogP contribution is 2.41. The van der Waals surface area contributed by atoms with Crippen LogP contribution in [0.25, 0.3) is 11.1 Å². The zero-order valence-corrected chi connectivity index (χ0v) is 15.4. The molecular weight excluding hydrogens is 316 g/mol. The summed E-state index contributed by atoms with van der Waals surface area (Å²) in [5.74, 6) is 0.712. The fourth-order valence-electron chi connectivity index (χ4n) is 3.64. The monoisotopic (exact) mass is 342 g/mol. The Morgan fingerprint density at radius 2 is 2.12 bits per heavy atom. The second kappa shape index (κ2) is 6.09. The number of piperazine rings is 1. The van der Waals surface area contributed by atoms with E-state index in [1.165, 1.54) is 0 Å². The zero-order chi connectivity index (χ0) is 17.7. The molecule has 1 saturated carbocycles. The van der Waals surface area contributed by atoms with E-state index in [0.29, 0.717) is 17.2 Å². The SMILES string of the molecule is CC(C)c1noc2nc(C3CC3)cc(C(=O)N3CCNC(C)C3C)c12. The van der Waals surface area contributed by atoms with Gasteiger partial charge in [0.15, 0.2) is 0 Å². The third-order valence-electron chi connectivity index (χ3n) is 5.56. The summed E-state index contributed by atoms with van der Waals surface area (Å²) in [6, 6.07) is 2.42. The highest BCUT2D eigenvalue weighted by atomic mass is 16.5. The van der Waals surface area contributed by atoms with Gasteiger partial charge in [-0.2, -0.15) is 0 Å². The van der Waals surface area contributed by atoms with E-state index < -0.39 is 0 Å². The number of fused-ring (bicyclic) bond motifs is 1. The Labute approximate surface area is 148 Å². The molecule has 1 N–H and O–H groups in total. The van der Waals surface area contributed by atoms with Crippen LogP contribution in [-0.4, -0.2) is 46.1 Å². The number of rotatable bonds is 3. The van der Waals surface area contributed by atoms with E-state index in [1.54, 1.807) is 0 Å². The average molecular weight is 342 g/mol. The lowest BCUT2D eigenvalue weighted by atomic mass is 9.99. The van der Waals surface area contributed by atoms with Crippen LogP contribution in [0.3, 0.4) is 0 Å². The Hall–Kier alpha value is -1.95. The van der Waals surface area contributed by atoms with Gasteiger partial charge in [-0.05, 0) is 38.7 Å². The zero-order valence-electron chi connectivity index (χ0n) is 15.4. The Morgan fingerprint density at radius 3 is 2.80 bits per heavy atom. The van der Waals surface area contributed by atoms with E-state index in [9.17, 15) is 4.79 Å². The molecule has 3 heterocycles. The van der Waals surface area contributed by atoms with Crippen molar-refractivity contribution in [2.24, 2.45) is 0 Å². The molecule has 0 radical (unpaired) electrons. The number of pyridine rings is 1. The summed E-state index contributed by atoms with van der Waals surface area (Å²) in [5.41, 5.74) is 3.01. The van der Waals surface area contributed by atoms with Crippen molar-refractivity contribution in [2.45, 2.75) is 64.5 Å². The molecule has 2 atom stereocenters. The number of aromatic nitrogens is 2. The van der Waals surface area contributed by atoms with Crippen molar-refractivity contribution in [1.29, 1.82) is 0 Å². The second-order valence-electron chi connectivity index (χ2n) is 7.75. The standard InChI is InChI=1S/C19H26N4O2/c1-10(2)17-16-14(19(24)23-8-7-20-11(3)12(23)4)9-15(13-5-6-13)21-18(16)25-22-17/h9-13,20H,5-8H2,1-4H3. The van der Waals surface area contributed by atoms with Crippen LogP contribution < -0.4 is 5.32 Å². The maximum absolute atomic E-state index is 13.4. The lowest BCUT2D eigenvalue weighted by molar-refractivity contribution is 0.0604. The van der Waals surface area contributed by atoms with Gasteiger partial charge in [0.1, 0.15) is 0 Å². The van der Waals surface area contributed by atoms with Gasteiger partial charge in [-0.25, -0.2) is 4.98 Å². The predicted octanol–water partition coefficient (Wildman–Crippen LogP) is 3.05. The van der Waals surface area contributed by atoms with Gasteiger partial charge in [0.05, 0.1) is 16.6 Å². The number of carbonyl (C=O) groups is 1. The van der Waals surface area contributed by atoms with E-state index in [4.69, 9.17) is 4.52 Å². The van der Waals surface area contributed by atoms with Crippen molar-refractivity contribution in [3.63, 3.8) is 0 Å². The summed E-state index contributed by atoms with van der Waals surface area (Å²) in [6.45, 7) is 9.90. The average Bonchev–Trinajstić information content (AvgIpc) is 3.35. The van der Waals surface area contributed by atoms with E-state index in [0.717, 1.165) is 42.7 Å². The molecule has 0 spiro atoms. The van der Waals surface area contributed by atoms with Crippen molar-refractivity contribution in [2.75, 3.05) is 13.1 Å². The minimum Gasteiger partial charge on any atom is -0.335 e. The first-order chi connectivity index (χ1) is 12.0. The minimum atomic E-state index is 0.0697. The summed E-state index contributed by atoms with van der Waals surface area (Å²) in [6.07, 6.45) is 2.27. The van der Waals surface area contributed by atoms with Crippen molar-refractivity contribution in [3.05, 3.63) is 23.0 Å². The largest absolute Gasteiger partial charge is 0.335 e. The summed E-state index contributed by atoms with van der Waals surface area (Å²) in [4.78, 5) is 20.1. The van der Waals surface area contributed by atoms with Crippen LogP contribution in [0.1, 0.15) is 74.1 Å². The van der Waals surface area contributed by atoms with Gasteiger partial charge >= 0.3 is 0 Å². The van der Waals surface area contributed by atoms with Crippen LogP contribution in [0.5, 0.6) is 0 Å². The molecule has 2 aromatic heterocycles. The molecule has 2 fully saturated rings. The molecule has 134 valence electrons. The second-order valence-corrected chi connectivity index (χ2v) is 7.75. The minimum absolute atomic E-state index is 0.0697. The van der Waals surface area contributed by atoms with Gasteiger partial charge in [0, 0.05) is 36.8 Å². The van der Waals surface area contributed by atoms with Crippen LogP contribution in [0.15, 0.2) is 10.6 Å². The van der Waals surface area contributed by atoms with Crippen LogP contribution >= 0.6 is 0 Å². The molecule has 6 nitrogen and oxygen atoms in total. The molecule has 0 aromatic carbocycles. The first-order valence-corrected chi connectivity index (χ1v) is 9.32. The highest BCUT2D eigenvalue weighted by Gasteiger charge is 2.34. The number of hydrogen-bond donors (Lipinski definition) is 1. The maximum Gasteiger partial charge on any atom is 0.259 e. The molecule has 6 heteroatoms. The molecule has 1 aliphatic carbocycles. The summed E-state index contributed by atoms with van der Waals surface area (Å²) in [7, 11) is 0. The molecule has 1 aliphatic heterocycles. The van der Waals surface area contributed by atoms with Crippen molar-refractivity contribution < 1.29 is 9.32 Å². The van der Waals surface area contributed by atoms with Crippen LogP contribution in [-0.2, 0) is 0 Å². The van der Waals surface area contributed by atoms with Gasteiger partial charge < -0.3 is 14.7 Å². The van der Waals surface area contributed by atoms with Gasteiger partial charge in [0.25, 0.3) is 11.6 Å². The molecule has 25 heavy (non-hydrogen) atoms. The lowest BCUT2D eigenvalue weighted by Crippen LogP contribution is -2.57. The van der Waals surface area contributed by atoms with Gasteiger partial charge in [-0.3, -0.25) is 4.79 Å². The molecule has 2 aromatic rings. The maximum atomic E-state index is 13.4. The fourth-order valence-corrected chi connectivity index (χ4v) is 3.64. The van der Waals surface area contributed by atoms with Gasteiger partial charge in [-0.15, -0.1) is 0 Å². The normalized spacial score (nSPS) is 24.3. The van der Waals surface area contributed by atoms with Crippen LogP contribution in [0.2, 0.25) is 0 Å². The number of carbonyl (C=O) groups excluding carboxylic acids is 1. The Bertz CT molecular complexity index is 809. The highest BCUT2D eigenvalue weighted by molar-refractivity contribution is 6.06. The third-order valence-corrected chi connectivity index (χ3v) is 5.56. The van der Waals surface area contributed by atoms with Crippen molar-refractivity contribution in [3.8, 4) is 0 Å². The third kappa shape index (κ3) is 2.82. The summed E-state index contributed by atoms with van der Waals surface area (Å²) >= 11 is 0. The summed E-state index contributed by atoms with van der Waals surface area (Å²) in [5, 5.41) is 8.44.